The minimum atomic E-state index is -0.485. The van der Waals surface area contributed by atoms with Crippen LogP contribution in [0.3, 0.4) is 0 Å². The number of hydrogen-bond donors (Lipinski definition) is 1. The lowest BCUT2D eigenvalue weighted by Crippen LogP contribution is -2.45. The zero-order chi connectivity index (χ0) is 16.6. The van der Waals surface area contributed by atoms with E-state index in [4.69, 9.17) is 11.6 Å². The van der Waals surface area contributed by atoms with Crippen molar-refractivity contribution in [2.24, 2.45) is 0 Å². The molecule has 23 heavy (non-hydrogen) atoms. The Morgan fingerprint density at radius 3 is 2.74 bits per heavy atom. The Bertz CT molecular complexity index is 686. The van der Waals surface area contributed by atoms with Crippen LogP contribution in [-0.4, -0.2) is 41.9 Å². The molecule has 0 fully saturated rings. The maximum absolute atomic E-state index is 12.8. The standard InChI is InChI=1S/C17H20ClN3O2/c1-3-4-9-21-10-13-14(16(21)22)15(19-17(23)20(13)2)11-7-5-6-8-12(11)18/h5-8,15H,3-4,9-10H2,1-2H3,(H,19,23). The molecule has 1 unspecified atom stereocenters. The topological polar surface area (TPSA) is 52.7 Å². The predicted molar refractivity (Wildman–Crippen MR) is 89.0 cm³/mol. The molecule has 6 heteroatoms. The largest absolute Gasteiger partial charge is 0.333 e. The Hall–Kier alpha value is -2.01. The average Bonchev–Trinajstić information content (AvgIpc) is 2.87. The van der Waals surface area contributed by atoms with E-state index in [9.17, 15) is 9.59 Å². The number of nitrogens with zero attached hydrogens (tertiary/aromatic N) is 2. The fraction of sp³-hybridized carbons (Fsp3) is 0.412. The summed E-state index contributed by atoms with van der Waals surface area (Å²) in [6.07, 6.45) is 1.98. The first-order chi connectivity index (χ1) is 11.0. The van der Waals surface area contributed by atoms with Crippen molar-refractivity contribution in [2.75, 3.05) is 20.1 Å². The summed E-state index contributed by atoms with van der Waals surface area (Å²) in [5, 5.41) is 3.45. The van der Waals surface area contributed by atoms with Crippen molar-refractivity contribution in [3.05, 3.63) is 46.1 Å². The van der Waals surface area contributed by atoms with E-state index < -0.39 is 6.04 Å². The van der Waals surface area contributed by atoms with Crippen LogP contribution in [0, 0.1) is 0 Å². The first-order valence-corrected chi connectivity index (χ1v) is 8.23. The van der Waals surface area contributed by atoms with E-state index in [1.165, 1.54) is 4.90 Å². The van der Waals surface area contributed by atoms with Gasteiger partial charge in [0, 0.05) is 18.6 Å². The molecule has 2 aliphatic rings. The lowest BCUT2D eigenvalue weighted by atomic mass is 9.95. The molecule has 1 atom stereocenters. The van der Waals surface area contributed by atoms with Gasteiger partial charge in [-0.15, -0.1) is 0 Å². The van der Waals surface area contributed by atoms with Gasteiger partial charge in [0.2, 0.25) is 0 Å². The third kappa shape index (κ3) is 2.70. The van der Waals surface area contributed by atoms with Gasteiger partial charge in [0.05, 0.1) is 23.9 Å². The summed E-state index contributed by atoms with van der Waals surface area (Å²) in [6, 6.07) is 6.63. The van der Waals surface area contributed by atoms with Gasteiger partial charge in [-0.25, -0.2) is 4.79 Å². The molecule has 1 N–H and O–H groups in total. The molecular formula is C17H20ClN3O2. The van der Waals surface area contributed by atoms with Crippen molar-refractivity contribution < 1.29 is 9.59 Å². The summed E-state index contributed by atoms with van der Waals surface area (Å²) in [4.78, 5) is 28.5. The average molecular weight is 334 g/mol. The number of urea groups is 1. The van der Waals surface area contributed by atoms with E-state index >= 15 is 0 Å². The van der Waals surface area contributed by atoms with Crippen molar-refractivity contribution in [3.8, 4) is 0 Å². The molecule has 0 spiro atoms. The highest BCUT2D eigenvalue weighted by Crippen LogP contribution is 2.37. The van der Waals surface area contributed by atoms with Crippen LogP contribution in [0.5, 0.6) is 0 Å². The summed E-state index contributed by atoms with van der Waals surface area (Å²) < 4.78 is 0. The van der Waals surface area contributed by atoms with Crippen LogP contribution in [0.25, 0.3) is 0 Å². The third-order valence-electron chi connectivity index (χ3n) is 4.43. The maximum Gasteiger partial charge on any atom is 0.322 e. The third-order valence-corrected chi connectivity index (χ3v) is 4.78. The molecule has 0 bridgehead atoms. The molecule has 1 aromatic rings. The minimum Gasteiger partial charge on any atom is -0.333 e. The molecule has 5 nitrogen and oxygen atoms in total. The van der Waals surface area contributed by atoms with E-state index in [0.29, 0.717) is 23.7 Å². The van der Waals surface area contributed by atoms with E-state index in [1.54, 1.807) is 13.1 Å². The van der Waals surface area contributed by atoms with Crippen molar-refractivity contribution in [1.29, 1.82) is 0 Å². The van der Waals surface area contributed by atoms with Crippen LogP contribution in [-0.2, 0) is 4.79 Å². The van der Waals surface area contributed by atoms with Gasteiger partial charge in [0.1, 0.15) is 0 Å². The fourth-order valence-corrected chi connectivity index (χ4v) is 3.34. The minimum absolute atomic E-state index is 0.00906. The maximum atomic E-state index is 12.8. The monoisotopic (exact) mass is 333 g/mol. The van der Waals surface area contributed by atoms with Gasteiger partial charge in [0.15, 0.2) is 0 Å². The number of halogens is 1. The van der Waals surface area contributed by atoms with Gasteiger partial charge in [-0.3, -0.25) is 9.69 Å². The van der Waals surface area contributed by atoms with Gasteiger partial charge in [-0.2, -0.15) is 0 Å². The first-order valence-electron chi connectivity index (χ1n) is 7.85. The second-order valence-corrected chi connectivity index (χ2v) is 6.31. The molecule has 0 aliphatic carbocycles. The number of rotatable bonds is 4. The van der Waals surface area contributed by atoms with E-state index in [2.05, 4.69) is 12.2 Å². The van der Waals surface area contributed by atoms with Crippen molar-refractivity contribution in [1.82, 2.24) is 15.1 Å². The second-order valence-electron chi connectivity index (χ2n) is 5.90. The zero-order valence-electron chi connectivity index (χ0n) is 13.3. The molecule has 3 rings (SSSR count). The SMILES string of the molecule is CCCCN1CC2=C(C1=O)C(c1ccccc1Cl)NC(=O)N2C. The molecule has 3 amide bonds. The lowest BCUT2D eigenvalue weighted by molar-refractivity contribution is -0.125. The first kappa shape index (κ1) is 15.9. The van der Waals surface area contributed by atoms with Crippen LogP contribution in [0.1, 0.15) is 31.4 Å². The molecule has 0 radical (unpaired) electrons. The fourth-order valence-electron chi connectivity index (χ4n) is 3.10. The summed E-state index contributed by atoms with van der Waals surface area (Å²) in [7, 11) is 1.70. The smallest absolute Gasteiger partial charge is 0.322 e. The van der Waals surface area contributed by atoms with Gasteiger partial charge in [-0.1, -0.05) is 43.1 Å². The highest BCUT2D eigenvalue weighted by atomic mass is 35.5. The van der Waals surface area contributed by atoms with E-state index in [-0.39, 0.29) is 11.9 Å². The molecule has 0 aromatic heterocycles. The normalized spacial score (nSPS) is 20.9. The zero-order valence-corrected chi connectivity index (χ0v) is 14.1. The number of carbonyl (C=O) groups is 2. The van der Waals surface area contributed by atoms with Crippen LogP contribution in [0.2, 0.25) is 5.02 Å². The quantitative estimate of drug-likeness (QED) is 0.921. The number of benzene rings is 1. The van der Waals surface area contributed by atoms with Gasteiger partial charge in [0.25, 0.3) is 5.91 Å². The van der Waals surface area contributed by atoms with Crippen molar-refractivity contribution >= 4 is 23.5 Å². The van der Waals surface area contributed by atoms with Crippen LogP contribution >= 0.6 is 11.6 Å². The van der Waals surface area contributed by atoms with E-state index in [0.717, 1.165) is 24.1 Å². The summed E-state index contributed by atoms with van der Waals surface area (Å²) in [6.45, 7) is 3.29. The summed E-state index contributed by atoms with van der Waals surface area (Å²) in [5.41, 5.74) is 2.17. The van der Waals surface area contributed by atoms with E-state index in [1.807, 2.05) is 23.1 Å². The lowest BCUT2D eigenvalue weighted by Gasteiger charge is -2.31. The molecule has 1 aromatic carbocycles. The van der Waals surface area contributed by atoms with Crippen molar-refractivity contribution in [3.63, 3.8) is 0 Å². The number of amides is 3. The molecule has 0 saturated heterocycles. The molecule has 2 heterocycles. The Labute approximate surface area is 140 Å². The number of carbonyl (C=O) groups excluding carboxylic acids is 2. The highest BCUT2D eigenvalue weighted by molar-refractivity contribution is 6.31. The highest BCUT2D eigenvalue weighted by Gasteiger charge is 2.42. The molecule has 122 valence electrons. The number of nitrogens with one attached hydrogen (secondary N) is 1. The Balaban J connectivity index is 2.00. The summed E-state index contributed by atoms with van der Waals surface area (Å²) >= 11 is 6.29. The van der Waals surface area contributed by atoms with Gasteiger partial charge >= 0.3 is 6.03 Å². The van der Waals surface area contributed by atoms with Gasteiger partial charge < -0.3 is 10.2 Å². The second kappa shape index (κ2) is 6.24. The molecular weight excluding hydrogens is 314 g/mol. The number of hydrogen-bond acceptors (Lipinski definition) is 2. The number of unbranched alkanes of at least 4 members (excludes halogenated alkanes) is 1. The van der Waals surface area contributed by atoms with Crippen LogP contribution < -0.4 is 5.32 Å². The Kier molecular flexibility index (Phi) is 4.31. The van der Waals surface area contributed by atoms with Gasteiger partial charge in [-0.05, 0) is 18.1 Å². The predicted octanol–water partition coefficient (Wildman–Crippen LogP) is 2.93. The Morgan fingerprint density at radius 1 is 1.30 bits per heavy atom. The van der Waals surface area contributed by atoms with Crippen molar-refractivity contribution in [2.45, 2.75) is 25.8 Å². The van der Waals surface area contributed by atoms with Crippen LogP contribution in [0.15, 0.2) is 35.5 Å². The Morgan fingerprint density at radius 2 is 2.04 bits per heavy atom. The number of likely N-dealkylation sites (N-methyl/N-ethyl adjacent to an activating group) is 1. The molecule has 0 saturated carbocycles. The summed E-state index contributed by atoms with van der Waals surface area (Å²) in [5.74, 6) is -0.00906. The molecule has 2 aliphatic heterocycles. The van der Waals surface area contributed by atoms with Crippen LogP contribution in [0.4, 0.5) is 4.79 Å².